The number of anilines is 1. The fourth-order valence-electron chi connectivity index (χ4n) is 3.08. The average molecular weight is 372 g/mol. The molecule has 0 bridgehead atoms. The van der Waals surface area contributed by atoms with Crippen LogP contribution in [0.2, 0.25) is 5.02 Å². The zero-order valence-corrected chi connectivity index (χ0v) is 15.1. The van der Waals surface area contributed by atoms with E-state index in [0.717, 1.165) is 18.8 Å². The molecule has 1 aromatic carbocycles. The Morgan fingerprint density at radius 1 is 1.15 bits per heavy atom. The summed E-state index contributed by atoms with van der Waals surface area (Å²) in [6, 6.07) is 11.3. The van der Waals surface area contributed by atoms with Gasteiger partial charge in [0.15, 0.2) is 5.65 Å². The van der Waals surface area contributed by atoms with Crippen LogP contribution in [0.25, 0.3) is 5.65 Å². The van der Waals surface area contributed by atoms with Crippen molar-refractivity contribution in [3.05, 3.63) is 53.3 Å². The first kappa shape index (κ1) is 16.7. The van der Waals surface area contributed by atoms with Crippen LogP contribution < -0.4 is 9.64 Å². The lowest BCUT2D eigenvalue weighted by atomic mass is 10.2. The number of benzene rings is 1. The Labute approximate surface area is 155 Å². The fraction of sp³-hybridized carbons (Fsp3) is 0.278. The molecule has 1 fully saturated rings. The van der Waals surface area contributed by atoms with E-state index in [1.54, 1.807) is 30.0 Å². The third kappa shape index (κ3) is 3.17. The molecule has 26 heavy (non-hydrogen) atoms. The van der Waals surface area contributed by atoms with Crippen LogP contribution in [0.3, 0.4) is 0 Å². The van der Waals surface area contributed by atoms with E-state index >= 15 is 0 Å². The van der Waals surface area contributed by atoms with Gasteiger partial charge in [-0.2, -0.15) is 0 Å². The van der Waals surface area contributed by atoms with Crippen LogP contribution in [0.15, 0.2) is 42.6 Å². The number of carbonyl (C=O) groups is 1. The highest BCUT2D eigenvalue weighted by molar-refractivity contribution is 6.30. The number of nitrogens with zero attached hydrogens (tertiary/aromatic N) is 5. The third-order valence-electron chi connectivity index (χ3n) is 4.46. The Kier molecular flexibility index (Phi) is 4.38. The molecule has 0 aliphatic carbocycles. The molecular formula is C18H18ClN5O2. The number of imidazole rings is 1. The molecule has 0 saturated carbocycles. The molecule has 1 saturated heterocycles. The van der Waals surface area contributed by atoms with E-state index in [-0.39, 0.29) is 5.91 Å². The molecule has 3 aromatic rings. The number of methoxy groups -OCH3 is 1. The van der Waals surface area contributed by atoms with Gasteiger partial charge in [0.05, 0.1) is 13.3 Å². The first-order valence-electron chi connectivity index (χ1n) is 8.34. The third-order valence-corrected chi connectivity index (χ3v) is 4.70. The number of halogens is 1. The Morgan fingerprint density at radius 3 is 2.69 bits per heavy atom. The van der Waals surface area contributed by atoms with Gasteiger partial charge in [-0.1, -0.05) is 17.7 Å². The molecule has 2 aromatic heterocycles. The molecule has 8 heteroatoms. The molecule has 0 spiro atoms. The highest BCUT2D eigenvalue weighted by atomic mass is 35.5. The number of hydrogen-bond acceptors (Lipinski definition) is 5. The number of rotatable bonds is 3. The van der Waals surface area contributed by atoms with Crippen molar-refractivity contribution < 1.29 is 9.53 Å². The number of hydrogen-bond donors (Lipinski definition) is 0. The Balaban J connectivity index is 1.46. The van der Waals surface area contributed by atoms with Crippen molar-refractivity contribution in [3.8, 4) is 5.88 Å². The van der Waals surface area contributed by atoms with Gasteiger partial charge >= 0.3 is 0 Å². The predicted octanol–water partition coefficient (Wildman–Crippen LogP) is 2.35. The zero-order chi connectivity index (χ0) is 18.1. The summed E-state index contributed by atoms with van der Waals surface area (Å²) < 4.78 is 6.66. The summed E-state index contributed by atoms with van der Waals surface area (Å²) in [6.45, 7) is 2.78. The van der Waals surface area contributed by atoms with Gasteiger partial charge in [0.1, 0.15) is 5.69 Å². The summed E-state index contributed by atoms with van der Waals surface area (Å²) in [5.74, 6) is 0.393. The second-order valence-electron chi connectivity index (χ2n) is 6.06. The highest BCUT2D eigenvalue weighted by Gasteiger charge is 2.24. The van der Waals surface area contributed by atoms with E-state index in [1.165, 1.54) is 0 Å². The molecule has 0 radical (unpaired) electrons. The molecule has 1 amide bonds. The summed E-state index contributed by atoms with van der Waals surface area (Å²) in [6.07, 6.45) is 1.64. The number of carbonyl (C=O) groups excluding carboxylic acids is 1. The smallest absolute Gasteiger partial charge is 0.274 e. The molecular weight excluding hydrogens is 354 g/mol. The van der Waals surface area contributed by atoms with Gasteiger partial charge < -0.3 is 14.5 Å². The van der Waals surface area contributed by atoms with Crippen LogP contribution in [-0.2, 0) is 0 Å². The van der Waals surface area contributed by atoms with Crippen molar-refractivity contribution in [1.82, 2.24) is 19.5 Å². The van der Waals surface area contributed by atoms with E-state index in [4.69, 9.17) is 16.3 Å². The van der Waals surface area contributed by atoms with Crippen molar-refractivity contribution in [3.63, 3.8) is 0 Å². The maximum absolute atomic E-state index is 12.8. The molecule has 1 aliphatic heterocycles. The van der Waals surface area contributed by atoms with Crippen LogP contribution in [0.1, 0.15) is 10.5 Å². The van der Waals surface area contributed by atoms with Gasteiger partial charge in [-0.3, -0.25) is 4.79 Å². The number of fused-ring (bicyclic) bond motifs is 1. The van der Waals surface area contributed by atoms with E-state index in [9.17, 15) is 4.79 Å². The second kappa shape index (κ2) is 6.84. The van der Waals surface area contributed by atoms with E-state index in [2.05, 4.69) is 15.0 Å². The van der Waals surface area contributed by atoms with Crippen LogP contribution in [0.5, 0.6) is 5.88 Å². The largest absolute Gasteiger partial charge is 0.480 e. The van der Waals surface area contributed by atoms with Crippen molar-refractivity contribution in [2.24, 2.45) is 0 Å². The topological polar surface area (TPSA) is 63.0 Å². The zero-order valence-electron chi connectivity index (χ0n) is 14.3. The number of piperazine rings is 1. The maximum Gasteiger partial charge on any atom is 0.274 e. The summed E-state index contributed by atoms with van der Waals surface area (Å²) in [7, 11) is 1.55. The Hall–Kier alpha value is -2.80. The standard InChI is InChI=1S/C18H18ClN5O2/c1-26-17-6-5-16-20-15(12-24(16)21-17)18(25)23-9-7-22(8-10-23)14-4-2-3-13(19)11-14/h2-6,11-12H,7-10H2,1H3. The van der Waals surface area contributed by atoms with Crippen LogP contribution in [-0.4, -0.2) is 58.7 Å². The minimum atomic E-state index is -0.0831. The fourth-order valence-corrected chi connectivity index (χ4v) is 3.26. The van der Waals surface area contributed by atoms with Crippen molar-refractivity contribution in [2.75, 3.05) is 38.2 Å². The first-order chi connectivity index (χ1) is 12.6. The predicted molar refractivity (Wildman–Crippen MR) is 99.1 cm³/mol. The first-order valence-corrected chi connectivity index (χ1v) is 8.72. The Bertz CT molecular complexity index is 950. The molecule has 4 rings (SSSR count). The molecule has 1 aliphatic rings. The molecule has 0 atom stereocenters. The average Bonchev–Trinajstić information content (AvgIpc) is 3.10. The van der Waals surface area contributed by atoms with Crippen molar-refractivity contribution in [2.45, 2.75) is 0 Å². The van der Waals surface area contributed by atoms with Crippen LogP contribution in [0, 0.1) is 0 Å². The lowest BCUT2D eigenvalue weighted by molar-refractivity contribution is 0.0741. The van der Waals surface area contributed by atoms with Crippen molar-refractivity contribution >= 4 is 28.8 Å². The maximum atomic E-state index is 12.8. The summed E-state index contributed by atoms with van der Waals surface area (Å²) in [5.41, 5.74) is 2.09. The number of amides is 1. The second-order valence-corrected chi connectivity index (χ2v) is 6.50. The van der Waals surface area contributed by atoms with E-state index < -0.39 is 0 Å². The normalized spacial score (nSPS) is 14.7. The highest BCUT2D eigenvalue weighted by Crippen LogP contribution is 2.21. The van der Waals surface area contributed by atoms with Gasteiger partial charge in [0.2, 0.25) is 5.88 Å². The van der Waals surface area contributed by atoms with E-state index in [0.29, 0.717) is 35.3 Å². The molecule has 0 unspecified atom stereocenters. The molecule has 7 nitrogen and oxygen atoms in total. The van der Waals surface area contributed by atoms with Crippen LogP contribution >= 0.6 is 11.6 Å². The summed E-state index contributed by atoms with van der Waals surface area (Å²) >= 11 is 6.07. The summed E-state index contributed by atoms with van der Waals surface area (Å²) in [5, 5.41) is 4.96. The van der Waals surface area contributed by atoms with Gasteiger partial charge in [-0.05, 0) is 24.3 Å². The van der Waals surface area contributed by atoms with E-state index in [1.807, 2.05) is 29.2 Å². The van der Waals surface area contributed by atoms with Crippen molar-refractivity contribution in [1.29, 1.82) is 0 Å². The minimum absolute atomic E-state index is 0.0831. The van der Waals surface area contributed by atoms with Gasteiger partial charge in [0.25, 0.3) is 5.91 Å². The number of ether oxygens (including phenoxy) is 1. The quantitative estimate of drug-likeness (QED) is 0.707. The summed E-state index contributed by atoms with van der Waals surface area (Å²) in [4.78, 5) is 21.2. The van der Waals surface area contributed by atoms with Gasteiger partial charge in [0, 0.05) is 43.0 Å². The lowest BCUT2D eigenvalue weighted by Crippen LogP contribution is -2.48. The molecule has 3 heterocycles. The molecule has 134 valence electrons. The van der Waals surface area contributed by atoms with Crippen LogP contribution in [0.4, 0.5) is 5.69 Å². The Morgan fingerprint density at radius 2 is 1.96 bits per heavy atom. The monoisotopic (exact) mass is 371 g/mol. The lowest BCUT2D eigenvalue weighted by Gasteiger charge is -2.35. The van der Waals surface area contributed by atoms with Gasteiger partial charge in [-0.25, -0.2) is 9.50 Å². The molecule has 0 N–H and O–H groups in total. The number of aromatic nitrogens is 3. The van der Waals surface area contributed by atoms with Gasteiger partial charge in [-0.15, -0.1) is 5.10 Å². The SMILES string of the molecule is COc1ccc2nc(C(=O)N3CCN(c4cccc(Cl)c4)CC3)cn2n1. The minimum Gasteiger partial charge on any atom is -0.480 e.